The summed E-state index contributed by atoms with van der Waals surface area (Å²) in [6.45, 7) is 0. The van der Waals surface area contributed by atoms with Crippen LogP contribution in [0.5, 0.6) is 0 Å². The molecule has 0 unspecified atom stereocenters. The highest BCUT2D eigenvalue weighted by Gasteiger charge is 2.30. The second-order valence-electron chi connectivity index (χ2n) is 6.34. The molecule has 2 aliphatic rings. The molecule has 2 nitrogen and oxygen atoms in total. The van der Waals surface area contributed by atoms with E-state index >= 15 is 0 Å². The maximum Gasteiger partial charge on any atom is 0.194 e. The normalized spacial score (nSPS) is 18.0. The highest BCUT2D eigenvalue weighted by atomic mass is 16.1. The molecule has 2 heteroatoms. The monoisotopic (exact) mass is 290 g/mol. The molecule has 0 aromatic heterocycles. The summed E-state index contributed by atoms with van der Waals surface area (Å²) >= 11 is 0. The Labute approximate surface area is 130 Å². The Bertz CT molecular complexity index is 767. The molecule has 2 aliphatic carbocycles. The maximum atomic E-state index is 12.7. The van der Waals surface area contributed by atoms with Gasteiger partial charge in [-0.2, -0.15) is 0 Å². The molecule has 0 saturated heterocycles. The highest BCUT2D eigenvalue weighted by Crippen LogP contribution is 2.35. The van der Waals surface area contributed by atoms with Gasteiger partial charge in [0.1, 0.15) is 0 Å². The minimum Gasteiger partial charge on any atom is -0.289 e. The molecule has 0 spiro atoms. The van der Waals surface area contributed by atoms with E-state index in [0.29, 0.717) is 28.2 Å². The lowest BCUT2D eigenvalue weighted by Gasteiger charge is -2.24. The van der Waals surface area contributed by atoms with Gasteiger partial charge in [0.15, 0.2) is 11.6 Å². The van der Waals surface area contributed by atoms with Crippen LogP contribution in [0.2, 0.25) is 0 Å². The topological polar surface area (TPSA) is 34.1 Å². The molecular formula is C20H18O2. The number of carbonyl (C=O) groups excluding carboxylic acids is 2. The minimum absolute atomic E-state index is 0.0112. The minimum atomic E-state index is -0.0274. The van der Waals surface area contributed by atoms with Crippen LogP contribution in [0.4, 0.5) is 0 Å². The van der Waals surface area contributed by atoms with E-state index in [9.17, 15) is 9.59 Å². The Balaban J connectivity index is 1.80. The average Bonchev–Trinajstić information content (AvgIpc) is 2.60. The quantitative estimate of drug-likeness (QED) is 0.661. The molecule has 22 heavy (non-hydrogen) atoms. The van der Waals surface area contributed by atoms with Crippen LogP contribution in [0.25, 0.3) is 0 Å². The van der Waals surface area contributed by atoms with Gasteiger partial charge in [-0.3, -0.25) is 9.59 Å². The second kappa shape index (κ2) is 5.20. The zero-order valence-electron chi connectivity index (χ0n) is 12.5. The van der Waals surface area contributed by atoms with Crippen molar-refractivity contribution in [3.63, 3.8) is 0 Å². The van der Waals surface area contributed by atoms with Crippen molar-refractivity contribution in [3.05, 3.63) is 70.3 Å². The molecule has 1 fully saturated rings. The lowest BCUT2D eigenvalue weighted by atomic mass is 9.79. The van der Waals surface area contributed by atoms with Crippen molar-refractivity contribution in [3.8, 4) is 0 Å². The van der Waals surface area contributed by atoms with Crippen molar-refractivity contribution < 1.29 is 9.59 Å². The number of hydrogen-bond acceptors (Lipinski definition) is 2. The first-order valence-corrected chi connectivity index (χ1v) is 8.08. The van der Waals surface area contributed by atoms with Crippen LogP contribution in [-0.4, -0.2) is 11.6 Å². The summed E-state index contributed by atoms with van der Waals surface area (Å²) in [5, 5.41) is 0. The summed E-state index contributed by atoms with van der Waals surface area (Å²) in [6, 6.07) is 13.0. The average molecular weight is 290 g/mol. The van der Waals surface area contributed by atoms with E-state index in [0.717, 1.165) is 0 Å². The summed E-state index contributed by atoms with van der Waals surface area (Å²) in [7, 11) is 0. The van der Waals surface area contributed by atoms with E-state index < -0.39 is 0 Å². The molecule has 4 rings (SSSR count). The molecule has 0 bridgehead atoms. The van der Waals surface area contributed by atoms with Crippen molar-refractivity contribution in [1.29, 1.82) is 0 Å². The zero-order valence-corrected chi connectivity index (χ0v) is 12.5. The van der Waals surface area contributed by atoms with Crippen LogP contribution in [0.3, 0.4) is 0 Å². The Morgan fingerprint density at radius 3 is 1.95 bits per heavy atom. The molecule has 2 aromatic rings. The number of carbonyl (C=O) groups is 2. The van der Waals surface area contributed by atoms with E-state index in [1.165, 1.54) is 37.7 Å². The third-order valence-electron chi connectivity index (χ3n) is 5.03. The molecule has 0 heterocycles. The fraction of sp³-hybridized carbons (Fsp3) is 0.300. The van der Waals surface area contributed by atoms with Gasteiger partial charge in [0, 0.05) is 22.3 Å². The maximum absolute atomic E-state index is 12.7. The SMILES string of the molecule is O=C1c2ccccc2C(=O)c2cc(C3CCCCC3)ccc21. The molecular weight excluding hydrogens is 272 g/mol. The lowest BCUT2D eigenvalue weighted by molar-refractivity contribution is 0.0979. The van der Waals surface area contributed by atoms with Crippen LogP contribution in [0.1, 0.15) is 75.4 Å². The Hall–Kier alpha value is -2.22. The summed E-state index contributed by atoms with van der Waals surface area (Å²) in [5.41, 5.74) is 3.44. The van der Waals surface area contributed by atoms with Crippen LogP contribution in [-0.2, 0) is 0 Å². The van der Waals surface area contributed by atoms with Crippen LogP contribution >= 0.6 is 0 Å². The first kappa shape index (κ1) is 13.4. The summed E-state index contributed by atoms with van der Waals surface area (Å²) in [4.78, 5) is 25.3. The summed E-state index contributed by atoms with van der Waals surface area (Å²) < 4.78 is 0. The van der Waals surface area contributed by atoms with Crippen LogP contribution in [0.15, 0.2) is 42.5 Å². The molecule has 2 aromatic carbocycles. The largest absolute Gasteiger partial charge is 0.289 e. The second-order valence-corrected chi connectivity index (χ2v) is 6.34. The van der Waals surface area contributed by atoms with E-state index in [1.807, 2.05) is 30.3 Å². The molecule has 0 aliphatic heterocycles. The first-order chi connectivity index (χ1) is 10.8. The van der Waals surface area contributed by atoms with Gasteiger partial charge in [0.25, 0.3) is 0 Å². The molecule has 110 valence electrons. The van der Waals surface area contributed by atoms with Crippen molar-refractivity contribution >= 4 is 11.6 Å². The van der Waals surface area contributed by atoms with Crippen LogP contribution in [0, 0.1) is 0 Å². The summed E-state index contributed by atoms with van der Waals surface area (Å²) in [5.74, 6) is 0.502. The van der Waals surface area contributed by atoms with Gasteiger partial charge >= 0.3 is 0 Å². The lowest BCUT2D eigenvalue weighted by Crippen LogP contribution is -2.21. The van der Waals surface area contributed by atoms with E-state index in [2.05, 4.69) is 0 Å². The number of benzene rings is 2. The van der Waals surface area contributed by atoms with Crippen molar-refractivity contribution in [2.24, 2.45) is 0 Å². The van der Waals surface area contributed by atoms with Crippen molar-refractivity contribution in [2.75, 3.05) is 0 Å². The number of fused-ring (bicyclic) bond motifs is 2. The molecule has 0 amide bonds. The number of rotatable bonds is 1. The number of ketones is 2. The standard InChI is InChI=1S/C20H18O2/c21-19-15-8-4-5-9-16(15)20(22)18-12-14(10-11-17(18)19)13-6-2-1-3-7-13/h4-5,8-13H,1-3,6-7H2. The zero-order chi connectivity index (χ0) is 15.1. The van der Waals surface area contributed by atoms with Gasteiger partial charge in [-0.05, 0) is 30.4 Å². The van der Waals surface area contributed by atoms with Crippen molar-refractivity contribution in [2.45, 2.75) is 38.0 Å². The molecule has 0 radical (unpaired) electrons. The summed E-state index contributed by atoms with van der Waals surface area (Å²) in [6.07, 6.45) is 6.22. The Morgan fingerprint density at radius 1 is 0.682 bits per heavy atom. The molecule has 0 N–H and O–H groups in total. The fourth-order valence-corrected chi connectivity index (χ4v) is 3.81. The molecule has 0 atom stereocenters. The number of hydrogen-bond donors (Lipinski definition) is 0. The van der Waals surface area contributed by atoms with Gasteiger partial charge in [0.05, 0.1) is 0 Å². The van der Waals surface area contributed by atoms with E-state index in [4.69, 9.17) is 0 Å². The third-order valence-corrected chi connectivity index (χ3v) is 5.03. The molecule has 1 saturated carbocycles. The van der Waals surface area contributed by atoms with E-state index in [-0.39, 0.29) is 11.6 Å². The Kier molecular flexibility index (Phi) is 3.18. The van der Waals surface area contributed by atoms with Gasteiger partial charge in [-0.15, -0.1) is 0 Å². The van der Waals surface area contributed by atoms with Crippen molar-refractivity contribution in [1.82, 2.24) is 0 Å². The van der Waals surface area contributed by atoms with Crippen LogP contribution < -0.4 is 0 Å². The fourth-order valence-electron chi connectivity index (χ4n) is 3.81. The highest BCUT2D eigenvalue weighted by molar-refractivity contribution is 6.28. The van der Waals surface area contributed by atoms with E-state index in [1.54, 1.807) is 12.1 Å². The first-order valence-electron chi connectivity index (χ1n) is 8.08. The Morgan fingerprint density at radius 2 is 1.27 bits per heavy atom. The predicted molar refractivity (Wildman–Crippen MR) is 85.6 cm³/mol. The van der Waals surface area contributed by atoms with Gasteiger partial charge < -0.3 is 0 Å². The van der Waals surface area contributed by atoms with Gasteiger partial charge in [-0.25, -0.2) is 0 Å². The van der Waals surface area contributed by atoms with Gasteiger partial charge in [-0.1, -0.05) is 55.7 Å². The van der Waals surface area contributed by atoms with Gasteiger partial charge in [0.2, 0.25) is 0 Å². The third kappa shape index (κ3) is 2.02. The smallest absolute Gasteiger partial charge is 0.194 e. The predicted octanol–water partition coefficient (Wildman–Crippen LogP) is 4.51.